The summed E-state index contributed by atoms with van der Waals surface area (Å²) in [5, 5.41) is 3.03. The molecule has 190 valence electrons. The van der Waals surface area contributed by atoms with Gasteiger partial charge in [-0.25, -0.2) is 0 Å². The zero-order valence-corrected chi connectivity index (χ0v) is 22.1. The average Bonchev–Trinajstić information content (AvgIpc) is 3.12. The van der Waals surface area contributed by atoms with Crippen LogP contribution in [0.1, 0.15) is 22.3 Å². The van der Waals surface area contributed by atoms with Crippen LogP contribution in [-0.4, -0.2) is 35.7 Å². The summed E-state index contributed by atoms with van der Waals surface area (Å²) in [4.78, 5) is 39.2. The van der Waals surface area contributed by atoms with Crippen molar-refractivity contribution in [2.24, 2.45) is 0 Å². The van der Waals surface area contributed by atoms with E-state index >= 15 is 0 Å². The number of imide groups is 1. The molecule has 0 saturated carbocycles. The molecule has 0 spiro atoms. The van der Waals surface area contributed by atoms with Crippen LogP contribution in [-0.2, 0) is 16.1 Å². The zero-order valence-electron chi connectivity index (χ0n) is 20.5. The van der Waals surface area contributed by atoms with Gasteiger partial charge in [-0.2, -0.15) is 0 Å². The predicted molar refractivity (Wildman–Crippen MR) is 146 cm³/mol. The quantitative estimate of drug-likeness (QED) is 0.344. The summed E-state index contributed by atoms with van der Waals surface area (Å²) < 4.78 is 11.1. The van der Waals surface area contributed by atoms with Crippen LogP contribution in [0, 0.1) is 13.8 Å². The zero-order chi connectivity index (χ0) is 26.5. The number of thioether (sulfide) groups is 1. The number of halogens is 1. The number of hydrogen-bond acceptors (Lipinski definition) is 6. The van der Waals surface area contributed by atoms with Crippen molar-refractivity contribution in [3.8, 4) is 11.5 Å². The number of nitrogens with one attached hydrogen (secondary N) is 1. The summed E-state index contributed by atoms with van der Waals surface area (Å²) >= 11 is 6.89. The van der Waals surface area contributed by atoms with E-state index in [0.717, 1.165) is 34.1 Å². The van der Waals surface area contributed by atoms with Crippen LogP contribution >= 0.6 is 23.4 Å². The van der Waals surface area contributed by atoms with Crippen molar-refractivity contribution in [1.82, 2.24) is 4.90 Å². The highest BCUT2D eigenvalue weighted by molar-refractivity contribution is 8.18. The van der Waals surface area contributed by atoms with Gasteiger partial charge in [0, 0.05) is 10.7 Å². The van der Waals surface area contributed by atoms with E-state index in [2.05, 4.69) is 5.32 Å². The molecule has 9 heteroatoms. The molecule has 0 aliphatic carbocycles. The van der Waals surface area contributed by atoms with E-state index in [1.54, 1.807) is 42.5 Å². The van der Waals surface area contributed by atoms with Gasteiger partial charge in [0.2, 0.25) is 0 Å². The Labute approximate surface area is 224 Å². The van der Waals surface area contributed by atoms with Crippen LogP contribution in [0.4, 0.5) is 10.5 Å². The second-order valence-electron chi connectivity index (χ2n) is 8.46. The van der Waals surface area contributed by atoms with Gasteiger partial charge in [0.15, 0.2) is 18.1 Å². The number of carbonyl (C=O) groups excluding carboxylic acids is 3. The van der Waals surface area contributed by atoms with E-state index in [1.165, 1.54) is 12.0 Å². The molecule has 3 aromatic rings. The summed E-state index contributed by atoms with van der Waals surface area (Å²) in [5.74, 6) is 0.0968. The van der Waals surface area contributed by atoms with Gasteiger partial charge in [-0.3, -0.25) is 19.3 Å². The third-order valence-electron chi connectivity index (χ3n) is 5.60. The fourth-order valence-electron chi connectivity index (χ4n) is 3.78. The molecule has 4 rings (SSSR count). The summed E-state index contributed by atoms with van der Waals surface area (Å²) in [6.07, 6.45) is 1.63. The summed E-state index contributed by atoms with van der Waals surface area (Å²) in [6, 6.07) is 17.9. The molecular formula is C28H25ClN2O5S. The molecule has 1 heterocycles. The van der Waals surface area contributed by atoms with Gasteiger partial charge in [-0.05, 0) is 78.7 Å². The van der Waals surface area contributed by atoms with Crippen LogP contribution in [0.5, 0.6) is 11.5 Å². The van der Waals surface area contributed by atoms with Crippen LogP contribution in [0.2, 0.25) is 5.02 Å². The Kier molecular flexibility index (Phi) is 8.21. The van der Waals surface area contributed by atoms with Crippen LogP contribution in [0.15, 0.2) is 65.6 Å². The van der Waals surface area contributed by atoms with Crippen molar-refractivity contribution in [2.75, 3.05) is 19.0 Å². The van der Waals surface area contributed by atoms with Crippen molar-refractivity contribution in [3.05, 3.63) is 92.8 Å². The Morgan fingerprint density at radius 1 is 1.05 bits per heavy atom. The maximum atomic E-state index is 12.9. The van der Waals surface area contributed by atoms with Gasteiger partial charge in [-0.15, -0.1) is 0 Å². The number of methoxy groups -OCH3 is 1. The van der Waals surface area contributed by atoms with E-state index < -0.39 is 0 Å². The van der Waals surface area contributed by atoms with Crippen molar-refractivity contribution in [3.63, 3.8) is 0 Å². The molecule has 1 aliphatic rings. The fourth-order valence-corrected chi connectivity index (χ4v) is 4.83. The van der Waals surface area contributed by atoms with Crippen LogP contribution in [0.3, 0.4) is 0 Å². The number of carbonyl (C=O) groups is 3. The van der Waals surface area contributed by atoms with Crippen LogP contribution in [0.25, 0.3) is 6.08 Å². The smallest absolute Gasteiger partial charge is 0.293 e. The molecular weight excluding hydrogens is 512 g/mol. The van der Waals surface area contributed by atoms with Crippen LogP contribution < -0.4 is 14.8 Å². The highest BCUT2D eigenvalue weighted by Crippen LogP contribution is 2.35. The highest BCUT2D eigenvalue weighted by Gasteiger charge is 2.35. The van der Waals surface area contributed by atoms with Gasteiger partial charge < -0.3 is 14.8 Å². The molecule has 0 radical (unpaired) electrons. The summed E-state index contributed by atoms with van der Waals surface area (Å²) in [6.45, 7) is 3.86. The van der Waals surface area contributed by atoms with Gasteiger partial charge >= 0.3 is 0 Å². The van der Waals surface area contributed by atoms with Gasteiger partial charge in [0.1, 0.15) is 0 Å². The molecule has 0 aromatic heterocycles. The first-order valence-corrected chi connectivity index (χ1v) is 12.6. The fraction of sp³-hybridized carbons (Fsp3) is 0.179. The third kappa shape index (κ3) is 6.53. The monoisotopic (exact) mass is 536 g/mol. The molecule has 7 nitrogen and oxygen atoms in total. The number of hydrogen-bond donors (Lipinski definition) is 1. The topological polar surface area (TPSA) is 84.9 Å². The van der Waals surface area contributed by atoms with Crippen molar-refractivity contribution >= 4 is 52.2 Å². The molecule has 1 aliphatic heterocycles. The second kappa shape index (κ2) is 11.5. The molecule has 0 unspecified atom stereocenters. The summed E-state index contributed by atoms with van der Waals surface area (Å²) in [7, 11) is 1.49. The minimum atomic E-state index is -0.377. The van der Waals surface area contributed by atoms with Gasteiger partial charge in [-0.1, -0.05) is 47.5 Å². The third-order valence-corrected chi connectivity index (χ3v) is 6.75. The van der Waals surface area contributed by atoms with Gasteiger partial charge in [0.05, 0.1) is 18.6 Å². The Balaban J connectivity index is 1.42. The lowest BCUT2D eigenvalue weighted by Crippen LogP contribution is -2.27. The maximum absolute atomic E-state index is 12.9. The lowest BCUT2D eigenvalue weighted by atomic mass is 10.1. The lowest BCUT2D eigenvalue weighted by molar-refractivity contribution is -0.123. The minimum Gasteiger partial charge on any atom is -0.493 e. The average molecular weight is 537 g/mol. The van der Waals surface area contributed by atoms with Crippen molar-refractivity contribution in [1.29, 1.82) is 0 Å². The Morgan fingerprint density at radius 3 is 2.59 bits per heavy atom. The predicted octanol–water partition coefficient (Wildman–Crippen LogP) is 6.22. The van der Waals surface area contributed by atoms with E-state index in [0.29, 0.717) is 27.0 Å². The molecule has 3 aromatic carbocycles. The largest absolute Gasteiger partial charge is 0.493 e. The SMILES string of the molecule is COc1cc(/C=C2\SC(=O)N(Cc3cccc(Cl)c3)C2=O)ccc1OCC(=O)Nc1ccc(C)cc1C. The first-order chi connectivity index (χ1) is 17.7. The minimum absolute atomic E-state index is 0.142. The first-order valence-electron chi connectivity index (χ1n) is 11.4. The molecule has 1 N–H and O–H groups in total. The molecule has 0 atom stereocenters. The molecule has 37 heavy (non-hydrogen) atoms. The molecule has 3 amide bonds. The standard InChI is InChI=1S/C28H25ClN2O5S/c1-17-7-9-22(18(2)11-17)30-26(32)16-36-23-10-8-19(13-24(23)35-3)14-25-27(33)31(28(34)37-25)15-20-5-4-6-21(29)12-20/h4-14H,15-16H2,1-3H3,(H,30,32)/b25-14-. The van der Waals surface area contributed by atoms with E-state index in [1.807, 2.05) is 38.1 Å². The first kappa shape index (κ1) is 26.3. The van der Waals surface area contributed by atoms with Crippen molar-refractivity contribution in [2.45, 2.75) is 20.4 Å². The number of amides is 3. The Hall–Kier alpha value is -3.75. The van der Waals surface area contributed by atoms with E-state index in [4.69, 9.17) is 21.1 Å². The highest BCUT2D eigenvalue weighted by atomic mass is 35.5. The molecule has 0 bridgehead atoms. The number of benzene rings is 3. The Bertz CT molecular complexity index is 1410. The van der Waals surface area contributed by atoms with E-state index in [9.17, 15) is 14.4 Å². The maximum Gasteiger partial charge on any atom is 0.293 e. The number of aryl methyl sites for hydroxylation is 2. The Morgan fingerprint density at radius 2 is 1.86 bits per heavy atom. The second-order valence-corrected chi connectivity index (χ2v) is 9.89. The summed E-state index contributed by atoms with van der Waals surface area (Å²) in [5.41, 5.74) is 4.22. The lowest BCUT2D eigenvalue weighted by Gasteiger charge is -2.13. The molecule has 1 fully saturated rings. The van der Waals surface area contributed by atoms with Gasteiger partial charge in [0.25, 0.3) is 17.1 Å². The normalized spacial score (nSPS) is 14.3. The number of ether oxygens (including phenoxy) is 2. The molecule has 1 saturated heterocycles. The van der Waals surface area contributed by atoms with Crippen molar-refractivity contribution < 1.29 is 23.9 Å². The van der Waals surface area contributed by atoms with E-state index in [-0.39, 0.29) is 30.2 Å². The number of rotatable bonds is 8. The number of nitrogens with zero attached hydrogens (tertiary/aromatic N) is 1. The number of anilines is 1.